The number of hydrogen-bond donors (Lipinski definition) is 0. The van der Waals surface area contributed by atoms with E-state index in [0.717, 1.165) is 21.5 Å². The van der Waals surface area contributed by atoms with E-state index in [1.54, 1.807) is 32.0 Å². The molecule has 0 aromatic heterocycles. The van der Waals surface area contributed by atoms with Gasteiger partial charge in [0, 0.05) is 40.1 Å². The van der Waals surface area contributed by atoms with Crippen molar-refractivity contribution in [1.29, 1.82) is 0 Å². The zero-order valence-electron chi connectivity index (χ0n) is 28.4. The Kier molecular flexibility index (Phi) is 12.0. The molecule has 5 aromatic carbocycles. The largest absolute Gasteiger partial charge is 0.496 e. The molecule has 0 aliphatic carbocycles. The van der Waals surface area contributed by atoms with Crippen molar-refractivity contribution in [3.05, 3.63) is 127 Å². The van der Waals surface area contributed by atoms with Gasteiger partial charge >= 0.3 is 11.9 Å². The molecule has 0 N–H and O–H groups in total. The van der Waals surface area contributed by atoms with Crippen molar-refractivity contribution in [2.75, 3.05) is 33.5 Å². The number of esters is 2. The summed E-state index contributed by atoms with van der Waals surface area (Å²) in [6, 6.07) is 32.3. The highest BCUT2D eigenvalue weighted by Gasteiger charge is 2.21. The number of methoxy groups -OCH3 is 1. The van der Waals surface area contributed by atoms with Gasteiger partial charge in [0.1, 0.15) is 55.2 Å². The molecule has 9 heteroatoms. The molecular weight excluding hydrogens is 636 g/mol. The molecule has 0 saturated heterocycles. The Morgan fingerprint density at radius 2 is 0.920 bits per heavy atom. The van der Waals surface area contributed by atoms with Gasteiger partial charge in [-0.2, -0.15) is 0 Å². The van der Waals surface area contributed by atoms with Gasteiger partial charge in [-0.3, -0.25) is 0 Å². The Balaban J connectivity index is 1.27. The van der Waals surface area contributed by atoms with Crippen molar-refractivity contribution < 1.29 is 42.7 Å². The van der Waals surface area contributed by atoms with Gasteiger partial charge in [-0.15, -0.1) is 0 Å². The fourth-order valence-electron chi connectivity index (χ4n) is 4.95. The van der Waals surface area contributed by atoms with E-state index in [0.29, 0.717) is 28.7 Å². The van der Waals surface area contributed by atoms with Crippen LogP contribution in [-0.2, 0) is 19.1 Å². The van der Waals surface area contributed by atoms with Crippen LogP contribution in [-0.4, -0.2) is 57.7 Å². The lowest BCUT2D eigenvalue weighted by molar-refractivity contribution is -0.148. The van der Waals surface area contributed by atoms with Crippen molar-refractivity contribution in [3.8, 4) is 28.7 Å². The highest BCUT2D eigenvalue weighted by Crippen LogP contribution is 2.30. The van der Waals surface area contributed by atoms with Crippen LogP contribution in [0.15, 0.2) is 127 Å². The van der Waals surface area contributed by atoms with E-state index in [1.165, 1.54) is 7.11 Å². The summed E-state index contributed by atoms with van der Waals surface area (Å²) >= 11 is 0. The molecule has 2 atom stereocenters. The van der Waals surface area contributed by atoms with Gasteiger partial charge in [-0.1, -0.05) is 86.0 Å². The second-order valence-corrected chi connectivity index (χ2v) is 11.7. The number of hydrogen-bond acceptors (Lipinski definition) is 9. The fraction of sp³-hybridized carbons (Fsp3) is 0.220. The summed E-state index contributed by atoms with van der Waals surface area (Å²) in [5.41, 5.74) is 0.507. The van der Waals surface area contributed by atoms with Gasteiger partial charge in [0.2, 0.25) is 0 Å². The topological polar surface area (TPSA) is 98.8 Å². The SMILES string of the molecule is C=C(C)C(=O)OC(COc1cc(OC)cc(OCC(COc2cccc3ccccc23)OC(=O)C(=C)C)c1)COc1cccc2ccccc12. The molecule has 0 radical (unpaired) electrons. The molecule has 5 rings (SSSR count). The number of carbonyl (C=O) groups is 2. The first kappa shape index (κ1) is 35.3. The van der Waals surface area contributed by atoms with E-state index in [4.69, 9.17) is 33.2 Å². The third-order valence-electron chi connectivity index (χ3n) is 7.55. The van der Waals surface area contributed by atoms with Gasteiger partial charge in [0.05, 0.1) is 7.11 Å². The number of ether oxygens (including phenoxy) is 7. The van der Waals surface area contributed by atoms with Gasteiger partial charge in [-0.05, 0) is 36.8 Å². The van der Waals surface area contributed by atoms with Gasteiger partial charge in [0.25, 0.3) is 0 Å². The summed E-state index contributed by atoms with van der Waals surface area (Å²) < 4.78 is 41.2. The normalized spacial score (nSPS) is 12.0. The van der Waals surface area contributed by atoms with E-state index >= 15 is 0 Å². The van der Waals surface area contributed by atoms with Gasteiger partial charge in [0.15, 0.2) is 12.2 Å². The molecule has 0 saturated carbocycles. The zero-order valence-corrected chi connectivity index (χ0v) is 28.4. The number of benzene rings is 5. The third kappa shape index (κ3) is 9.56. The van der Waals surface area contributed by atoms with Crippen LogP contribution in [0, 0.1) is 0 Å². The minimum atomic E-state index is -0.772. The summed E-state index contributed by atoms with van der Waals surface area (Å²) in [5, 5.41) is 3.92. The standard InChI is InChI=1S/C41H40O9/c1-27(2)40(42)49-34(25-47-38-18-10-14-29-12-6-8-16-36(29)38)23-45-32-20-31(44-5)21-33(22-32)46-24-35(50-41(43)28(3)4)26-48-39-19-11-15-30-13-7-9-17-37(30)39/h6-22,34-35H,1,3,23-26H2,2,4-5H3. The van der Waals surface area contributed by atoms with E-state index in [1.807, 2.05) is 84.9 Å². The quantitative estimate of drug-likeness (QED) is 0.0719. The second-order valence-electron chi connectivity index (χ2n) is 11.7. The Bertz CT molecular complexity index is 1830. The predicted octanol–water partition coefficient (Wildman–Crippen LogP) is 7.89. The maximum atomic E-state index is 12.5. The fourth-order valence-corrected chi connectivity index (χ4v) is 4.95. The molecule has 2 unspecified atom stereocenters. The Hall–Kier alpha value is -5.96. The number of rotatable bonds is 17. The molecule has 5 aromatic rings. The number of carbonyl (C=O) groups excluding carboxylic acids is 2. The van der Waals surface area contributed by atoms with E-state index in [2.05, 4.69) is 13.2 Å². The Labute approximate surface area is 291 Å². The van der Waals surface area contributed by atoms with Crippen LogP contribution in [0.1, 0.15) is 13.8 Å². The molecule has 0 amide bonds. The third-order valence-corrected chi connectivity index (χ3v) is 7.55. The van der Waals surface area contributed by atoms with Crippen LogP contribution in [0.4, 0.5) is 0 Å². The first-order valence-corrected chi connectivity index (χ1v) is 16.1. The first-order chi connectivity index (χ1) is 24.2. The smallest absolute Gasteiger partial charge is 0.333 e. The van der Waals surface area contributed by atoms with E-state index in [-0.39, 0.29) is 37.6 Å². The number of fused-ring (bicyclic) bond motifs is 2. The highest BCUT2D eigenvalue weighted by molar-refractivity contribution is 5.89. The van der Waals surface area contributed by atoms with Crippen LogP contribution < -0.4 is 23.7 Å². The predicted molar refractivity (Wildman–Crippen MR) is 192 cm³/mol. The van der Waals surface area contributed by atoms with Crippen molar-refractivity contribution in [1.82, 2.24) is 0 Å². The molecule has 0 heterocycles. The van der Waals surface area contributed by atoms with E-state index in [9.17, 15) is 9.59 Å². The molecule has 0 bridgehead atoms. The summed E-state index contributed by atoms with van der Waals surface area (Å²) in [6.45, 7) is 10.5. The average Bonchev–Trinajstić information content (AvgIpc) is 3.13. The second kappa shape index (κ2) is 16.9. The summed E-state index contributed by atoms with van der Waals surface area (Å²) in [4.78, 5) is 25.0. The first-order valence-electron chi connectivity index (χ1n) is 16.1. The average molecular weight is 677 g/mol. The molecule has 0 spiro atoms. The van der Waals surface area contributed by atoms with Crippen LogP contribution in [0.25, 0.3) is 21.5 Å². The lowest BCUT2D eigenvalue weighted by Gasteiger charge is -2.21. The monoisotopic (exact) mass is 676 g/mol. The van der Waals surface area contributed by atoms with Crippen molar-refractivity contribution >= 4 is 33.5 Å². The highest BCUT2D eigenvalue weighted by atomic mass is 16.6. The minimum absolute atomic E-state index is 0.0336. The molecule has 0 aliphatic heterocycles. The molecule has 0 aliphatic rings. The van der Waals surface area contributed by atoms with Crippen LogP contribution in [0.3, 0.4) is 0 Å². The maximum absolute atomic E-state index is 12.5. The van der Waals surface area contributed by atoms with E-state index < -0.39 is 24.1 Å². The zero-order chi connectivity index (χ0) is 35.5. The van der Waals surface area contributed by atoms with Crippen molar-refractivity contribution in [3.63, 3.8) is 0 Å². The van der Waals surface area contributed by atoms with Crippen LogP contribution in [0.5, 0.6) is 28.7 Å². The van der Waals surface area contributed by atoms with Crippen molar-refractivity contribution in [2.24, 2.45) is 0 Å². The molecule has 50 heavy (non-hydrogen) atoms. The van der Waals surface area contributed by atoms with Gasteiger partial charge in [-0.25, -0.2) is 9.59 Å². The minimum Gasteiger partial charge on any atom is -0.496 e. The summed E-state index contributed by atoms with van der Waals surface area (Å²) in [7, 11) is 1.52. The van der Waals surface area contributed by atoms with Gasteiger partial charge < -0.3 is 33.2 Å². The molecule has 0 fully saturated rings. The molecular formula is C41H40O9. The summed E-state index contributed by atoms with van der Waals surface area (Å²) in [6.07, 6.45) is -1.54. The van der Waals surface area contributed by atoms with Crippen molar-refractivity contribution in [2.45, 2.75) is 26.1 Å². The van der Waals surface area contributed by atoms with Crippen LogP contribution >= 0.6 is 0 Å². The Morgan fingerprint density at radius 1 is 0.540 bits per heavy atom. The lowest BCUT2D eigenvalue weighted by Crippen LogP contribution is -2.31. The molecule has 258 valence electrons. The van der Waals surface area contributed by atoms with Crippen LogP contribution in [0.2, 0.25) is 0 Å². The molecule has 9 nitrogen and oxygen atoms in total. The lowest BCUT2D eigenvalue weighted by atomic mass is 10.1. The Morgan fingerprint density at radius 3 is 1.34 bits per heavy atom. The summed E-state index contributed by atoms with van der Waals surface area (Å²) in [5.74, 6) is 1.44. The maximum Gasteiger partial charge on any atom is 0.333 e.